The third-order valence-electron chi connectivity index (χ3n) is 3.87. The molecular formula is C19H20F3N3O2. The average molecular weight is 379 g/mol. The van der Waals surface area contributed by atoms with Crippen LogP contribution in [-0.2, 0) is 15.8 Å². The molecule has 2 rings (SSSR count). The van der Waals surface area contributed by atoms with Gasteiger partial charge in [0.1, 0.15) is 6.54 Å². The van der Waals surface area contributed by atoms with Gasteiger partial charge in [-0.1, -0.05) is 12.1 Å². The molecular weight excluding hydrogens is 359 g/mol. The van der Waals surface area contributed by atoms with Crippen LogP contribution in [0.3, 0.4) is 0 Å². The molecule has 0 spiro atoms. The van der Waals surface area contributed by atoms with Gasteiger partial charge < -0.3 is 15.1 Å². The summed E-state index contributed by atoms with van der Waals surface area (Å²) in [5, 5.41) is 2.24. The van der Waals surface area contributed by atoms with Crippen molar-refractivity contribution in [2.45, 2.75) is 13.1 Å². The zero-order valence-electron chi connectivity index (χ0n) is 15.2. The number of anilines is 3. The van der Waals surface area contributed by atoms with Crippen molar-refractivity contribution in [3.8, 4) is 0 Å². The van der Waals surface area contributed by atoms with Gasteiger partial charge in [0.2, 0.25) is 11.8 Å². The highest BCUT2D eigenvalue weighted by Gasteiger charge is 2.33. The van der Waals surface area contributed by atoms with E-state index in [0.717, 1.165) is 11.8 Å². The molecule has 2 aromatic carbocycles. The molecule has 0 unspecified atom stereocenters. The highest BCUT2D eigenvalue weighted by molar-refractivity contribution is 6.02. The molecule has 144 valence electrons. The first kappa shape index (κ1) is 20.3. The lowest BCUT2D eigenvalue weighted by atomic mass is 10.1. The quantitative estimate of drug-likeness (QED) is 0.861. The van der Waals surface area contributed by atoms with Crippen LogP contribution in [0.2, 0.25) is 0 Å². The molecule has 1 N–H and O–H groups in total. The molecule has 0 heterocycles. The average Bonchev–Trinajstić information content (AvgIpc) is 2.59. The van der Waals surface area contributed by atoms with E-state index >= 15 is 0 Å². The Balaban J connectivity index is 2.18. The van der Waals surface area contributed by atoms with Crippen molar-refractivity contribution in [1.82, 2.24) is 0 Å². The summed E-state index contributed by atoms with van der Waals surface area (Å²) in [6.07, 6.45) is -4.59. The molecule has 0 atom stereocenters. The van der Waals surface area contributed by atoms with Gasteiger partial charge in [-0.05, 0) is 36.4 Å². The Morgan fingerprint density at radius 1 is 0.963 bits per heavy atom. The van der Waals surface area contributed by atoms with Crippen LogP contribution in [0.25, 0.3) is 0 Å². The minimum atomic E-state index is -4.59. The molecule has 27 heavy (non-hydrogen) atoms. The lowest BCUT2D eigenvalue weighted by Gasteiger charge is -2.22. The zero-order valence-corrected chi connectivity index (χ0v) is 15.2. The lowest BCUT2D eigenvalue weighted by Crippen LogP contribution is -2.37. The van der Waals surface area contributed by atoms with Gasteiger partial charge >= 0.3 is 6.18 Å². The largest absolute Gasteiger partial charge is 0.418 e. The van der Waals surface area contributed by atoms with Crippen LogP contribution >= 0.6 is 0 Å². The van der Waals surface area contributed by atoms with Gasteiger partial charge in [-0.15, -0.1) is 0 Å². The highest BCUT2D eigenvalue weighted by Crippen LogP contribution is 2.34. The number of hydrogen-bond donors (Lipinski definition) is 1. The van der Waals surface area contributed by atoms with Crippen LogP contribution in [0.15, 0.2) is 48.5 Å². The van der Waals surface area contributed by atoms with Gasteiger partial charge in [-0.3, -0.25) is 9.59 Å². The van der Waals surface area contributed by atoms with Gasteiger partial charge in [0, 0.05) is 32.4 Å². The number of para-hydroxylation sites is 1. The van der Waals surface area contributed by atoms with Crippen molar-refractivity contribution in [2.24, 2.45) is 0 Å². The number of carbonyl (C=O) groups is 2. The maximum atomic E-state index is 13.0. The molecule has 2 aromatic rings. The molecule has 0 radical (unpaired) electrons. The fourth-order valence-corrected chi connectivity index (χ4v) is 2.49. The van der Waals surface area contributed by atoms with E-state index in [0.29, 0.717) is 5.69 Å². The highest BCUT2D eigenvalue weighted by atomic mass is 19.4. The van der Waals surface area contributed by atoms with Crippen molar-refractivity contribution in [3.05, 3.63) is 54.1 Å². The van der Waals surface area contributed by atoms with Crippen molar-refractivity contribution in [2.75, 3.05) is 35.8 Å². The number of carbonyl (C=O) groups excluding carboxylic acids is 2. The Labute approximate surface area is 155 Å². The molecule has 0 aliphatic rings. The summed E-state index contributed by atoms with van der Waals surface area (Å²) in [4.78, 5) is 27.3. The van der Waals surface area contributed by atoms with E-state index in [1.165, 1.54) is 30.0 Å². The van der Waals surface area contributed by atoms with Crippen LogP contribution < -0.4 is 15.1 Å². The first-order chi connectivity index (χ1) is 12.6. The monoisotopic (exact) mass is 379 g/mol. The van der Waals surface area contributed by atoms with E-state index in [1.807, 2.05) is 19.0 Å². The van der Waals surface area contributed by atoms with Crippen LogP contribution in [-0.4, -0.2) is 32.5 Å². The number of amides is 2. The third kappa shape index (κ3) is 5.22. The summed E-state index contributed by atoms with van der Waals surface area (Å²) >= 11 is 0. The van der Waals surface area contributed by atoms with E-state index in [4.69, 9.17) is 0 Å². The fraction of sp³-hybridized carbons (Fsp3) is 0.263. The van der Waals surface area contributed by atoms with E-state index in [-0.39, 0.29) is 5.69 Å². The maximum Gasteiger partial charge on any atom is 0.418 e. The number of halogens is 3. The normalized spacial score (nSPS) is 11.0. The number of alkyl halides is 3. The first-order valence-electron chi connectivity index (χ1n) is 8.11. The number of nitrogens with zero attached hydrogens (tertiary/aromatic N) is 2. The molecule has 0 aromatic heterocycles. The van der Waals surface area contributed by atoms with Crippen LogP contribution in [0.4, 0.5) is 30.2 Å². The Hall–Kier alpha value is -3.03. The molecule has 5 nitrogen and oxygen atoms in total. The summed E-state index contributed by atoms with van der Waals surface area (Å²) < 4.78 is 39.1. The second-order valence-electron chi connectivity index (χ2n) is 6.11. The van der Waals surface area contributed by atoms with E-state index in [9.17, 15) is 22.8 Å². The predicted molar refractivity (Wildman–Crippen MR) is 98.9 cm³/mol. The molecule has 0 bridgehead atoms. The van der Waals surface area contributed by atoms with Crippen molar-refractivity contribution in [3.63, 3.8) is 0 Å². The van der Waals surface area contributed by atoms with Crippen molar-refractivity contribution < 1.29 is 22.8 Å². The lowest BCUT2D eigenvalue weighted by molar-refractivity contribution is -0.137. The third-order valence-corrected chi connectivity index (χ3v) is 3.87. The minimum Gasteiger partial charge on any atom is -0.378 e. The van der Waals surface area contributed by atoms with Crippen molar-refractivity contribution in [1.29, 1.82) is 0 Å². The SMILES string of the molecule is CC(=O)N(CC(=O)Nc1ccccc1C(F)(F)F)c1ccc(N(C)C)cc1. The summed E-state index contributed by atoms with van der Waals surface area (Å²) in [6.45, 7) is 0.889. The van der Waals surface area contributed by atoms with E-state index < -0.39 is 30.1 Å². The number of benzene rings is 2. The summed E-state index contributed by atoms with van der Waals surface area (Å²) in [5.41, 5.74) is 0.0997. The van der Waals surface area contributed by atoms with Crippen LogP contribution in [0.5, 0.6) is 0 Å². The zero-order chi connectivity index (χ0) is 20.2. The minimum absolute atomic E-state index is 0.346. The van der Waals surface area contributed by atoms with Gasteiger partial charge in [0.05, 0.1) is 11.3 Å². The van der Waals surface area contributed by atoms with E-state index in [1.54, 1.807) is 24.3 Å². The topological polar surface area (TPSA) is 52.7 Å². The smallest absolute Gasteiger partial charge is 0.378 e. The molecule has 0 saturated carbocycles. The fourth-order valence-electron chi connectivity index (χ4n) is 2.49. The molecule has 8 heteroatoms. The summed E-state index contributed by atoms with van der Waals surface area (Å²) in [7, 11) is 3.73. The Bertz CT molecular complexity index is 818. The molecule has 0 aliphatic heterocycles. The van der Waals surface area contributed by atoms with Gasteiger partial charge in [-0.2, -0.15) is 13.2 Å². The molecule has 0 saturated heterocycles. The van der Waals surface area contributed by atoms with Gasteiger partial charge in [0.25, 0.3) is 0 Å². The van der Waals surface area contributed by atoms with Gasteiger partial charge in [0.15, 0.2) is 0 Å². The summed E-state index contributed by atoms with van der Waals surface area (Å²) in [6, 6.07) is 11.6. The molecule has 0 aliphatic carbocycles. The Morgan fingerprint density at radius 2 is 1.52 bits per heavy atom. The second-order valence-corrected chi connectivity index (χ2v) is 6.11. The second kappa shape index (κ2) is 8.11. The summed E-state index contributed by atoms with van der Waals surface area (Å²) in [5.74, 6) is -1.12. The Kier molecular flexibility index (Phi) is 6.09. The maximum absolute atomic E-state index is 13.0. The van der Waals surface area contributed by atoms with Gasteiger partial charge in [-0.25, -0.2) is 0 Å². The standard InChI is InChI=1S/C19H20F3N3O2/c1-13(26)25(15-10-8-14(9-11-15)24(2)3)12-18(27)23-17-7-5-4-6-16(17)19(20,21)22/h4-11H,12H2,1-3H3,(H,23,27). The van der Waals surface area contributed by atoms with E-state index in [2.05, 4.69) is 5.32 Å². The number of rotatable bonds is 5. The number of nitrogens with one attached hydrogen (secondary N) is 1. The van der Waals surface area contributed by atoms with Crippen molar-refractivity contribution >= 4 is 28.9 Å². The number of hydrogen-bond acceptors (Lipinski definition) is 3. The first-order valence-corrected chi connectivity index (χ1v) is 8.11. The Morgan fingerprint density at radius 3 is 2.04 bits per heavy atom. The van der Waals surface area contributed by atoms with Crippen LogP contribution in [0, 0.1) is 0 Å². The predicted octanol–water partition coefficient (Wildman–Crippen LogP) is 3.76. The molecule has 2 amide bonds. The van der Waals surface area contributed by atoms with Crippen LogP contribution in [0.1, 0.15) is 12.5 Å². The molecule has 0 fully saturated rings.